The van der Waals surface area contributed by atoms with Gasteiger partial charge in [0.1, 0.15) is 0 Å². The fourth-order valence-electron chi connectivity index (χ4n) is 2.47. The van der Waals surface area contributed by atoms with Gasteiger partial charge < -0.3 is 9.31 Å². The van der Waals surface area contributed by atoms with Crippen molar-refractivity contribution < 1.29 is 9.31 Å². The third-order valence-corrected chi connectivity index (χ3v) is 3.27. The summed E-state index contributed by atoms with van der Waals surface area (Å²) in [6.45, 7) is -0.156. The van der Waals surface area contributed by atoms with Gasteiger partial charge in [-0.25, -0.2) is 0 Å². The zero-order chi connectivity index (χ0) is 11.6. The van der Waals surface area contributed by atoms with Crippen LogP contribution in [0.2, 0.25) is 0 Å². The molecule has 0 amide bonds. The van der Waals surface area contributed by atoms with Gasteiger partial charge in [0, 0.05) is 13.2 Å². The fraction of sp³-hybridized carbons (Fsp3) is 0.143. The molecule has 0 N–H and O–H groups in total. The Hall–Kier alpha value is -1.58. The Kier molecular flexibility index (Phi) is 2.71. The van der Waals surface area contributed by atoms with Crippen LogP contribution in [0, 0.1) is 0 Å². The van der Waals surface area contributed by atoms with Crippen LogP contribution in [0.1, 0.15) is 0 Å². The van der Waals surface area contributed by atoms with E-state index in [4.69, 9.17) is 9.31 Å². The van der Waals surface area contributed by atoms with E-state index in [9.17, 15) is 0 Å². The minimum absolute atomic E-state index is 0.657. The van der Waals surface area contributed by atoms with Crippen molar-refractivity contribution in [3.63, 3.8) is 0 Å². The first-order valence-corrected chi connectivity index (χ1v) is 5.95. The molecule has 3 heteroatoms. The monoisotopic (exact) mass is 225 g/mol. The second-order valence-corrected chi connectivity index (χ2v) is 4.27. The lowest BCUT2D eigenvalue weighted by Gasteiger charge is -2.36. The van der Waals surface area contributed by atoms with E-state index in [1.165, 1.54) is 0 Å². The molecule has 1 heterocycles. The molecule has 2 aromatic rings. The third-order valence-electron chi connectivity index (χ3n) is 3.27. The fourth-order valence-corrected chi connectivity index (χ4v) is 2.47. The van der Waals surface area contributed by atoms with Crippen LogP contribution in [0.15, 0.2) is 60.7 Å². The third kappa shape index (κ3) is 1.77. The van der Waals surface area contributed by atoms with E-state index in [1.807, 2.05) is 36.4 Å². The van der Waals surface area contributed by atoms with Gasteiger partial charge in [-0.05, 0) is 0 Å². The number of hydrogen-bond donors (Lipinski definition) is 0. The SMILES string of the molecule is c1ccc([B-]2(c3ccccc3)OCCO2)cc1. The maximum absolute atomic E-state index is 5.95. The lowest BCUT2D eigenvalue weighted by Crippen LogP contribution is -2.60. The summed E-state index contributed by atoms with van der Waals surface area (Å²) in [4.78, 5) is 0. The van der Waals surface area contributed by atoms with E-state index in [0.717, 1.165) is 10.9 Å². The minimum atomic E-state index is -1.47. The van der Waals surface area contributed by atoms with Gasteiger partial charge in [-0.15, -0.1) is 10.9 Å². The molecule has 0 radical (unpaired) electrons. The van der Waals surface area contributed by atoms with E-state index < -0.39 is 6.55 Å². The quantitative estimate of drug-likeness (QED) is 0.717. The molecule has 0 unspecified atom stereocenters. The molecule has 3 rings (SSSR count). The molecule has 0 atom stereocenters. The van der Waals surface area contributed by atoms with Gasteiger partial charge in [0.25, 0.3) is 6.55 Å². The van der Waals surface area contributed by atoms with Gasteiger partial charge in [-0.2, -0.15) is 0 Å². The van der Waals surface area contributed by atoms with Crippen molar-refractivity contribution in [2.45, 2.75) is 0 Å². The molecule has 2 aromatic carbocycles. The van der Waals surface area contributed by atoms with Gasteiger partial charge in [-0.1, -0.05) is 60.7 Å². The van der Waals surface area contributed by atoms with Crippen LogP contribution in [0.4, 0.5) is 0 Å². The van der Waals surface area contributed by atoms with Gasteiger partial charge in [-0.3, -0.25) is 0 Å². The number of benzene rings is 2. The summed E-state index contributed by atoms with van der Waals surface area (Å²) in [5.41, 5.74) is 2.22. The van der Waals surface area contributed by atoms with Crippen molar-refractivity contribution in [1.82, 2.24) is 0 Å². The first-order chi connectivity index (χ1) is 8.42. The second kappa shape index (κ2) is 4.36. The molecule has 0 aliphatic carbocycles. The molecule has 86 valence electrons. The summed E-state index contributed by atoms with van der Waals surface area (Å²) in [6.07, 6.45) is 0. The van der Waals surface area contributed by atoms with Gasteiger partial charge in [0.2, 0.25) is 0 Å². The molecule has 1 aliphatic heterocycles. The lowest BCUT2D eigenvalue weighted by molar-refractivity contribution is 0.365. The molecular formula is C14H14BO2-. The molecule has 1 saturated heterocycles. The van der Waals surface area contributed by atoms with E-state index in [1.54, 1.807) is 0 Å². The van der Waals surface area contributed by atoms with E-state index in [0.29, 0.717) is 13.2 Å². The Labute approximate surface area is 101 Å². The Morgan fingerprint density at radius 1 is 0.647 bits per heavy atom. The molecule has 0 bridgehead atoms. The Morgan fingerprint density at radius 3 is 1.47 bits per heavy atom. The highest BCUT2D eigenvalue weighted by Gasteiger charge is 2.34. The predicted octanol–water partition coefficient (Wildman–Crippen LogP) is 1.29. The normalized spacial score (nSPS) is 18.1. The van der Waals surface area contributed by atoms with Crippen molar-refractivity contribution >= 4 is 17.5 Å². The first-order valence-electron chi connectivity index (χ1n) is 5.95. The van der Waals surface area contributed by atoms with Gasteiger partial charge >= 0.3 is 0 Å². The number of hydrogen-bond acceptors (Lipinski definition) is 2. The molecule has 0 spiro atoms. The van der Waals surface area contributed by atoms with Gasteiger partial charge in [0.05, 0.1) is 0 Å². The predicted molar refractivity (Wildman–Crippen MR) is 69.8 cm³/mol. The minimum Gasteiger partial charge on any atom is -0.559 e. The van der Waals surface area contributed by atoms with Crippen molar-refractivity contribution in [1.29, 1.82) is 0 Å². The summed E-state index contributed by atoms with van der Waals surface area (Å²) in [7, 11) is 0. The average Bonchev–Trinajstić information content (AvgIpc) is 2.91. The summed E-state index contributed by atoms with van der Waals surface area (Å²) in [5.74, 6) is 0. The Morgan fingerprint density at radius 2 is 1.06 bits per heavy atom. The first kappa shape index (κ1) is 10.6. The van der Waals surface area contributed by atoms with Crippen molar-refractivity contribution in [2.75, 3.05) is 13.2 Å². The molecule has 0 aromatic heterocycles. The zero-order valence-electron chi connectivity index (χ0n) is 9.58. The number of rotatable bonds is 2. The summed E-state index contributed by atoms with van der Waals surface area (Å²) >= 11 is 0. The van der Waals surface area contributed by atoms with Crippen LogP contribution in [0.3, 0.4) is 0 Å². The molecule has 0 saturated carbocycles. The topological polar surface area (TPSA) is 18.5 Å². The van der Waals surface area contributed by atoms with Crippen LogP contribution < -0.4 is 10.9 Å². The molecule has 1 fully saturated rings. The lowest BCUT2D eigenvalue weighted by atomic mass is 9.47. The highest BCUT2D eigenvalue weighted by molar-refractivity contribution is 6.92. The molecule has 2 nitrogen and oxygen atoms in total. The van der Waals surface area contributed by atoms with Crippen LogP contribution in [-0.2, 0) is 9.31 Å². The maximum Gasteiger partial charge on any atom is 0.299 e. The van der Waals surface area contributed by atoms with Crippen molar-refractivity contribution in [3.05, 3.63) is 60.7 Å². The summed E-state index contributed by atoms with van der Waals surface area (Å²) < 4.78 is 11.9. The van der Waals surface area contributed by atoms with E-state index >= 15 is 0 Å². The highest BCUT2D eigenvalue weighted by Crippen LogP contribution is 2.14. The second-order valence-electron chi connectivity index (χ2n) is 4.27. The summed E-state index contributed by atoms with van der Waals surface area (Å²) in [6, 6.07) is 20.4. The van der Waals surface area contributed by atoms with E-state index in [-0.39, 0.29) is 0 Å². The molecule has 1 aliphatic rings. The Balaban J connectivity index is 2.11. The van der Waals surface area contributed by atoms with E-state index in [2.05, 4.69) is 24.3 Å². The zero-order valence-corrected chi connectivity index (χ0v) is 9.58. The van der Waals surface area contributed by atoms with Crippen LogP contribution in [0.5, 0.6) is 0 Å². The molecule has 17 heavy (non-hydrogen) atoms. The smallest absolute Gasteiger partial charge is 0.299 e. The maximum atomic E-state index is 5.95. The standard InChI is InChI=1S/C14H14BO2/c1-3-7-13(8-4-1)15(16-11-12-17-15)14-9-5-2-6-10-14/h1-10H,11-12H2/q-1. The average molecular weight is 225 g/mol. The largest absolute Gasteiger partial charge is 0.559 e. The van der Waals surface area contributed by atoms with Crippen LogP contribution >= 0.6 is 0 Å². The van der Waals surface area contributed by atoms with Crippen LogP contribution in [0.25, 0.3) is 0 Å². The highest BCUT2D eigenvalue weighted by atomic mass is 16.6. The molecular weight excluding hydrogens is 211 g/mol. The van der Waals surface area contributed by atoms with Crippen LogP contribution in [-0.4, -0.2) is 19.8 Å². The van der Waals surface area contributed by atoms with Crippen molar-refractivity contribution in [2.24, 2.45) is 0 Å². The van der Waals surface area contributed by atoms with Crippen molar-refractivity contribution in [3.8, 4) is 0 Å². The Bertz CT molecular complexity index is 437. The summed E-state index contributed by atoms with van der Waals surface area (Å²) in [5, 5.41) is 0. The van der Waals surface area contributed by atoms with Gasteiger partial charge in [0.15, 0.2) is 0 Å².